The van der Waals surface area contributed by atoms with Crippen LogP contribution in [0.3, 0.4) is 0 Å². The lowest BCUT2D eigenvalue weighted by molar-refractivity contribution is 0.664. The number of anilines is 1. The second kappa shape index (κ2) is 6.07. The molecule has 4 rings (SSSR count). The van der Waals surface area contributed by atoms with Crippen LogP contribution >= 0.6 is 27.5 Å². The summed E-state index contributed by atoms with van der Waals surface area (Å²) in [5, 5.41) is 1.68. The van der Waals surface area contributed by atoms with Crippen molar-refractivity contribution in [3.8, 4) is 0 Å². The molecule has 0 atom stereocenters. The predicted octanol–water partition coefficient (Wildman–Crippen LogP) is 5.43. The summed E-state index contributed by atoms with van der Waals surface area (Å²) >= 11 is 9.75. The summed E-state index contributed by atoms with van der Waals surface area (Å²) in [5.41, 5.74) is 3.26. The average Bonchev–Trinajstić information content (AvgIpc) is 2.92. The van der Waals surface area contributed by atoms with Gasteiger partial charge in [-0.05, 0) is 30.3 Å². The van der Waals surface area contributed by atoms with E-state index in [2.05, 4.69) is 25.9 Å². The molecule has 0 radical (unpaired) electrons. The number of rotatable bonds is 3. The van der Waals surface area contributed by atoms with Crippen LogP contribution in [-0.4, -0.2) is 17.0 Å². The third kappa shape index (κ3) is 2.74. The monoisotopic (exact) mass is 401 g/mol. The van der Waals surface area contributed by atoms with Crippen molar-refractivity contribution in [1.29, 1.82) is 0 Å². The van der Waals surface area contributed by atoms with E-state index in [4.69, 9.17) is 16.0 Å². The molecule has 0 aliphatic carbocycles. The zero-order chi connectivity index (χ0) is 16.7. The molecule has 2 aromatic heterocycles. The first-order valence-corrected chi connectivity index (χ1v) is 8.58. The van der Waals surface area contributed by atoms with E-state index in [9.17, 15) is 0 Å². The van der Waals surface area contributed by atoms with Crippen LogP contribution in [0.25, 0.3) is 22.1 Å². The molecule has 0 bridgehead atoms. The fourth-order valence-electron chi connectivity index (χ4n) is 2.70. The fraction of sp³-hybridized carbons (Fsp3) is 0.111. The molecule has 120 valence electrons. The summed E-state index contributed by atoms with van der Waals surface area (Å²) in [6.07, 6.45) is 1.73. The van der Waals surface area contributed by atoms with Crippen molar-refractivity contribution >= 4 is 55.3 Å². The summed E-state index contributed by atoms with van der Waals surface area (Å²) in [4.78, 5) is 11.1. The number of benzene rings is 2. The molecule has 0 saturated carbocycles. The van der Waals surface area contributed by atoms with E-state index in [1.54, 1.807) is 6.20 Å². The van der Waals surface area contributed by atoms with Crippen molar-refractivity contribution in [2.24, 2.45) is 0 Å². The van der Waals surface area contributed by atoms with Crippen molar-refractivity contribution < 1.29 is 4.42 Å². The third-order valence-corrected chi connectivity index (χ3v) is 4.68. The first-order chi connectivity index (χ1) is 11.6. The minimum absolute atomic E-state index is 0.556. The van der Waals surface area contributed by atoms with Crippen molar-refractivity contribution in [1.82, 2.24) is 9.97 Å². The van der Waals surface area contributed by atoms with Crippen molar-refractivity contribution in [2.75, 3.05) is 11.9 Å². The molecule has 2 heterocycles. The smallest absolute Gasteiger partial charge is 0.172 e. The Kier molecular flexibility index (Phi) is 3.90. The van der Waals surface area contributed by atoms with E-state index in [0.717, 1.165) is 26.6 Å². The Balaban J connectivity index is 1.73. The van der Waals surface area contributed by atoms with Gasteiger partial charge in [-0.3, -0.25) is 0 Å². The van der Waals surface area contributed by atoms with Crippen LogP contribution in [-0.2, 0) is 6.54 Å². The van der Waals surface area contributed by atoms with Gasteiger partial charge in [0.05, 0.1) is 23.5 Å². The second-order valence-electron chi connectivity index (χ2n) is 5.55. The van der Waals surface area contributed by atoms with Gasteiger partial charge in [0, 0.05) is 16.9 Å². The van der Waals surface area contributed by atoms with Crippen LogP contribution in [0, 0.1) is 0 Å². The summed E-state index contributed by atoms with van der Waals surface area (Å²) < 4.78 is 6.78. The van der Waals surface area contributed by atoms with Gasteiger partial charge in [0.15, 0.2) is 5.58 Å². The van der Waals surface area contributed by atoms with Gasteiger partial charge in [-0.2, -0.15) is 0 Å². The van der Waals surface area contributed by atoms with E-state index < -0.39 is 0 Å². The second-order valence-corrected chi connectivity index (χ2v) is 6.87. The summed E-state index contributed by atoms with van der Waals surface area (Å²) in [6.45, 7) is 0.556. The van der Waals surface area contributed by atoms with E-state index in [1.165, 1.54) is 0 Å². The number of fused-ring (bicyclic) bond motifs is 3. The molecular weight excluding hydrogens is 390 g/mol. The highest BCUT2D eigenvalue weighted by atomic mass is 79.9. The number of halogens is 2. The standard InChI is InChI=1S/C18H13BrClN3O/c1-23(14-5-3-2-4-13(14)20)10-17-21-9-16-18(22-17)12-8-11(19)6-7-15(12)24-16/h2-9H,10H2,1H3. The number of furan rings is 1. The zero-order valence-corrected chi connectivity index (χ0v) is 15.2. The van der Waals surface area contributed by atoms with E-state index in [-0.39, 0.29) is 0 Å². The highest BCUT2D eigenvalue weighted by Crippen LogP contribution is 2.30. The maximum Gasteiger partial charge on any atom is 0.172 e. The van der Waals surface area contributed by atoms with Crippen LogP contribution in [0.2, 0.25) is 5.02 Å². The van der Waals surface area contributed by atoms with Crippen LogP contribution in [0.5, 0.6) is 0 Å². The number of para-hydroxylation sites is 1. The first-order valence-electron chi connectivity index (χ1n) is 7.41. The highest BCUT2D eigenvalue weighted by Gasteiger charge is 2.12. The summed E-state index contributed by atoms with van der Waals surface area (Å²) in [5.74, 6) is 0.715. The molecular formula is C18H13BrClN3O. The molecule has 4 nitrogen and oxygen atoms in total. The lowest BCUT2D eigenvalue weighted by Gasteiger charge is -2.19. The molecule has 0 saturated heterocycles. The topological polar surface area (TPSA) is 42.2 Å². The first kappa shape index (κ1) is 15.4. The van der Waals surface area contributed by atoms with Gasteiger partial charge >= 0.3 is 0 Å². The molecule has 0 fully saturated rings. The Bertz CT molecular complexity index is 1050. The van der Waals surface area contributed by atoms with Crippen LogP contribution in [0.1, 0.15) is 5.82 Å². The molecule has 0 unspecified atom stereocenters. The number of nitrogens with zero attached hydrogens (tertiary/aromatic N) is 3. The fourth-order valence-corrected chi connectivity index (χ4v) is 3.35. The summed E-state index contributed by atoms with van der Waals surface area (Å²) in [6, 6.07) is 13.6. The normalized spacial score (nSPS) is 11.3. The zero-order valence-electron chi connectivity index (χ0n) is 12.8. The summed E-state index contributed by atoms with van der Waals surface area (Å²) in [7, 11) is 1.97. The lowest BCUT2D eigenvalue weighted by atomic mass is 10.2. The minimum Gasteiger partial charge on any atom is -0.453 e. The quantitative estimate of drug-likeness (QED) is 0.458. The maximum absolute atomic E-state index is 6.26. The Morgan fingerprint density at radius 1 is 1.17 bits per heavy atom. The van der Waals surface area contributed by atoms with E-state index in [0.29, 0.717) is 23.0 Å². The van der Waals surface area contributed by atoms with Crippen molar-refractivity contribution in [2.45, 2.75) is 6.54 Å². The lowest BCUT2D eigenvalue weighted by Crippen LogP contribution is -2.18. The number of hydrogen-bond acceptors (Lipinski definition) is 4. The SMILES string of the molecule is CN(Cc1ncc2oc3ccc(Br)cc3c2n1)c1ccccc1Cl. The minimum atomic E-state index is 0.556. The Hall–Kier alpha value is -2.11. The maximum atomic E-state index is 6.26. The van der Waals surface area contributed by atoms with Crippen molar-refractivity contribution in [3.63, 3.8) is 0 Å². The molecule has 2 aromatic carbocycles. The largest absolute Gasteiger partial charge is 0.453 e. The van der Waals surface area contributed by atoms with Crippen LogP contribution < -0.4 is 4.90 Å². The highest BCUT2D eigenvalue weighted by molar-refractivity contribution is 9.10. The molecule has 0 spiro atoms. The van der Waals surface area contributed by atoms with Crippen LogP contribution in [0.15, 0.2) is 57.6 Å². The number of aromatic nitrogens is 2. The Morgan fingerprint density at radius 2 is 2.00 bits per heavy atom. The molecule has 0 N–H and O–H groups in total. The molecule has 0 aliphatic heterocycles. The molecule has 0 amide bonds. The Morgan fingerprint density at radius 3 is 2.83 bits per heavy atom. The average molecular weight is 403 g/mol. The van der Waals surface area contributed by atoms with Gasteiger partial charge < -0.3 is 9.32 Å². The van der Waals surface area contributed by atoms with Gasteiger partial charge in [-0.25, -0.2) is 9.97 Å². The van der Waals surface area contributed by atoms with Gasteiger partial charge in [0.2, 0.25) is 0 Å². The Labute approximate surface area is 152 Å². The van der Waals surface area contributed by atoms with Gasteiger partial charge in [0.25, 0.3) is 0 Å². The molecule has 24 heavy (non-hydrogen) atoms. The third-order valence-electron chi connectivity index (χ3n) is 3.86. The van der Waals surface area contributed by atoms with Crippen molar-refractivity contribution in [3.05, 3.63) is 64.0 Å². The molecule has 4 aromatic rings. The molecule has 6 heteroatoms. The molecule has 0 aliphatic rings. The van der Waals surface area contributed by atoms with E-state index in [1.807, 2.05) is 54.4 Å². The van der Waals surface area contributed by atoms with E-state index >= 15 is 0 Å². The van der Waals surface area contributed by atoms with Gasteiger partial charge in [-0.15, -0.1) is 0 Å². The number of hydrogen-bond donors (Lipinski definition) is 0. The van der Waals surface area contributed by atoms with Gasteiger partial charge in [-0.1, -0.05) is 39.7 Å². The predicted molar refractivity (Wildman–Crippen MR) is 101 cm³/mol. The van der Waals surface area contributed by atoms with Gasteiger partial charge in [0.1, 0.15) is 16.9 Å². The van der Waals surface area contributed by atoms with Crippen LogP contribution in [0.4, 0.5) is 5.69 Å².